The average Bonchev–Trinajstić information content (AvgIpc) is 2.37. The molecule has 0 saturated carbocycles. The minimum Gasteiger partial charge on any atom is -0.487 e. The number of hydrogen-bond acceptors (Lipinski definition) is 4. The number of hydrogen-bond donors (Lipinski definition) is 0. The normalized spacial score (nSPS) is 9.17. The van der Waals surface area contributed by atoms with Gasteiger partial charge in [0.05, 0.1) is 25.4 Å². The highest BCUT2D eigenvalue weighted by atomic mass is 16.6. The highest BCUT2D eigenvalue weighted by Crippen LogP contribution is 2.44. The van der Waals surface area contributed by atoms with Gasteiger partial charge in [0, 0.05) is 0 Å². The molecular formula is C14H16O4. The van der Waals surface area contributed by atoms with E-state index < -0.39 is 0 Å². The summed E-state index contributed by atoms with van der Waals surface area (Å²) < 4.78 is 21.3. The Labute approximate surface area is 107 Å². The summed E-state index contributed by atoms with van der Waals surface area (Å²) in [5, 5.41) is 0. The van der Waals surface area contributed by atoms with Crippen LogP contribution in [0, 0.1) is 0 Å². The molecule has 0 unspecified atom stereocenters. The molecule has 0 heterocycles. The topological polar surface area (TPSA) is 36.9 Å². The Kier molecular flexibility index (Phi) is 5.38. The Morgan fingerprint density at radius 3 is 1.83 bits per heavy atom. The summed E-state index contributed by atoms with van der Waals surface area (Å²) >= 11 is 0. The van der Waals surface area contributed by atoms with Crippen LogP contribution in [0.2, 0.25) is 0 Å². The molecular weight excluding hydrogens is 232 g/mol. The zero-order chi connectivity index (χ0) is 13.4. The van der Waals surface area contributed by atoms with E-state index in [0.717, 1.165) is 0 Å². The second-order valence-corrected chi connectivity index (χ2v) is 3.01. The lowest BCUT2D eigenvalue weighted by atomic mass is 10.2. The third-order valence-electron chi connectivity index (χ3n) is 1.95. The second kappa shape index (κ2) is 7.06. The predicted molar refractivity (Wildman–Crippen MR) is 70.1 cm³/mol. The van der Waals surface area contributed by atoms with Gasteiger partial charge in [-0.25, -0.2) is 0 Å². The second-order valence-electron chi connectivity index (χ2n) is 3.01. The fourth-order valence-electron chi connectivity index (χ4n) is 1.37. The maximum Gasteiger partial charge on any atom is 0.214 e. The Morgan fingerprint density at radius 2 is 1.39 bits per heavy atom. The molecule has 1 rings (SSSR count). The molecule has 1 aromatic rings. The van der Waals surface area contributed by atoms with Gasteiger partial charge in [-0.15, -0.1) is 0 Å². The van der Waals surface area contributed by atoms with E-state index in [2.05, 4.69) is 19.7 Å². The van der Waals surface area contributed by atoms with E-state index in [1.807, 2.05) is 6.92 Å². The monoisotopic (exact) mass is 248 g/mol. The molecule has 0 bridgehead atoms. The van der Waals surface area contributed by atoms with Crippen LogP contribution in [0.3, 0.4) is 0 Å². The first-order chi connectivity index (χ1) is 8.78. The molecule has 0 fully saturated rings. The number of benzene rings is 1. The molecule has 0 radical (unpaired) electrons. The van der Waals surface area contributed by atoms with E-state index in [9.17, 15) is 0 Å². The number of rotatable bonds is 8. The van der Waals surface area contributed by atoms with Crippen molar-refractivity contribution in [1.29, 1.82) is 0 Å². The highest BCUT2D eigenvalue weighted by molar-refractivity contribution is 5.59. The van der Waals surface area contributed by atoms with Gasteiger partial charge in [0.2, 0.25) is 11.5 Å². The van der Waals surface area contributed by atoms with E-state index in [1.54, 1.807) is 12.1 Å². The van der Waals surface area contributed by atoms with Gasteiger partial charge >= 0.3 is 0 Å². The molecule has 0 saturated heterocycles. The minimum absolute atomic E-state index is 0.381. The van der Waals surface area contributed by atoms with Gasteiger partial charge in [-0.05, 0) is 19.1 Å². The van der Waals surface area contributed by atoms with Crippen molar-refractivity contribution in [3.05, 3.63) is 50.7 Å². The molecule has 0 aliphatic rings. The van der Waals surface area contributed by atoms with E-state index in [-0.39, 0.29) is 0 Å². The largest absolute Gasteiger partial charge is 0.487 e. The Bertz CT molecular complexity index is 438. The quantitative estimate of drug-likeness (QED) is 0.658. The molecule has 96 valence electrons. The van der Waals surface area contributed by atoms with Gasteiger partial charge in [-0.3, -0.25) is 0 Å². The summed E-state index contributed by atoms with van der Waals surface area (Å²) in [7, 11) is 0. The van der Waals surface area contributed by atoms with E-state index >= 15 is 0 Å². The van der Waals surface area contributed by atoms with E-state index in [0.29, 0.717) is 29.6 Å². The molecule has 1 aromatic carbocycles. The molecule has 0 atom stereocenters. The van der Waals surface area contributed by atoms with Crippen molar-refractivity contribution in [2.45, 2.75) is 6.92 Å². The predicted octanol–water partition coefficient (Wildman–Crippen LogP) is 3.65. The standard InChI is InChI=1S/C14H16O4/c1-5-15-11-9-10-12(16-6-2)14(18-8-4)13(11)17-7-3/h5-7,9-10H,1-3,8H2,4H3. The molecule has 0 aromatic heterocycles. The van der Waals surface area contributed by atoms with Crippen molar-refractivity contribution >= 4 is 0 Å². The maximum atomic E-state index is 5.50. The number of ether oxygens (including phenoxy) is 4. The SMILES string of the molecule is C=COc1ccc(OC=C)c(OCC)c1OC=C. The van der Waals surface area contributed by atoms with Crippen LogP contribution >= 0.6 is 0 Å². The molecule has 0 N–H and O–H groups in total. The lowest BCUT2D eigenvalue weighted by Crippen LogP contribution is -1.99. The van der Waals surface area contributed by atoms with Crippen LogP contribution in [0.15, 0.2) is 50.7 Å². The van der Waals surface area contributed by atoms with Crippen molar-refractivity contribution < 1.29 is 18.9 Å². The summed E-state index contributed by atoms with van der Waals surface area (Å²) in [6.07, 6.45) is 3.89. The first-order valence-electron chi connectivity index (χ1n) is 5.40. The Morgan fingerprint density at radius 1 is 0.889 bits per heavy atom. The molecule has 4 nitrogen and oxygen atoms in total. The van der Waals surface area contributed by atoms with Crippen LogP contribution in [-0.4, -0.2) is 6.61 Å². The van der Waals surface area contributed by atoms with Gasteiger partial charge < -0.3 is 18.9 Å². The highest BCUT2D eigenvalue weighted by Gasteiger charge is 2.17. The summed E-state index contributed by atoms with van der Waals surface area (Å²) in [6.45, 7) is 12.8. The van der Waals surface area contributed by atoms with Crippen molar-refractivity contribution in [2.75, 3.05) is 6.61 Å². The van der Waals surface area contributed by atoms with Crippen LogP contribution in [0.4, 0.5) is 0 Å². The Balaban J connectivity index is 3.31. The lowest BCUT2D eigenvalue weighted by molar-refractivity contribution is 0.298. The van der Waals surface area contributed by atoms with E-state index in [4.69, 9.17) is 18.9 Å². The van der Waals surface area contributed by atoms with Crippen molar-refractivity contribution in [3.63, 3.8) is 0 Å². The molecule has 18 heavy (non-hydrogen) atoms. The zero-order valence-electron chi connectivity index (χ0n) is 10.3. The van der Waals surface area contributed by atoms with Crippen LogP contribution in [0.1, 0.15) is 6.92 Å². The van der Waals surface area contributed by atoms with Crippen LogP contribution in [-0.2, 0) is 0 Å². The molecule has 0 spiro atoms. The molecule has 0 aliphatic carbocycles. The van der Waals surface area contributed by atoms with Gasteiger partial charge in [0.1, 0.15) is 0 Å². The first-order valence-corrected chi connectivity index (χ1v) is 5.40. The third kappa shape index (κ3) is 3.07. The minimum atomic E-state index is 0.381. The van der Waals surface area contributed by atoms with Gasteiger partial charge in [0.25, 0.3) is 0 Å². The van der Waals surface area contributed by atoms with Crippen LogP contribution in [0.25, 0.3) is 0 Å². The van der Waals surface area contributed by atoms with Crippen LogP contribution < -0.4 is 18.9 Å². The summed E-state index contributed by atoms with van der Waals surface area (Å²) in [5.41, 5.74) is 0. The summed E-state index contributed by atoms with van der Waals surface area (Å²) in [4.78, 5) is 0. The van der Waals surface area contributed by atoms with Crippen LogP contribution in [0.5, 0.6) is 23.0 Å². The fraction of sp³-hybridized carbons (Fsp3) is 0.143. The van der Waals surface area contributed by atoms with Crippen molar-refractivity contribution in [3.8, 4) is 23.0 Å². The summed E-state index contributed by atoms with van der Waals surface area (Å²) in [6, 6.07) is 3.38. The van der Waals surface area contributed by atoms with Gasteiger partial charge in [-0.1, -0.05) is 19.7 Å². The lowest BCUT2D eigenvalue weighted by Gasteiger charge is -2.15. The smallest absolute Gasteiger partial charge is 0.214 e. The zero-order valence-corrected chi connectivity index (χ0v) is 10.3. The van der Waals surface area contributed by atoms with Crippen molar-refractivity contribution in [1.82, 2.24) is 0 Å². The summed E-state index contributed by atoms with van der Waals surface area (Å²) in [5.74, 6) is 1.76. The first kappa shape index (κ1) is 13.7. The van der Waals surface area contributed by atoms with E-state index in [1.165, 1.54) is 18.8 Å². The average molecular weight is 248 g/mol. The molecule has 4 heteroatoms. The van der Waals surface area contributed by atoms with Gasteiger partial charge in [-0.2, -0.15) is 0 Å². The van der Waals surface area contributed by atoms with Crippen molar-refractivity contribution in [2.24, 2.45) is 0 Å². The maximum absolute atomic E-state index is 5.50. The fourth-order valence-corrected chi connectivity index (χ4v) is 1.37. The third-order valence-corrected chi connectivity index (χ3v) is 1.95. The molecule has 0 amide bonds. The van der Waals surface area contributed by atoms with Gasteiger partial charge in [0.15, 0.2) is 11.5 Å². The Hall–Kier alpha value is -2.36. The molecule has 0 aliphatic heterocycles.